The monoisotopic (exact) mass is 464 g/mol. The summed E-state index contributed by atoms with van der Waals surface area (Å²) in [6.07, 6.45) is 3.03. The van der Waals surface area contributed by atoms with Crippen LogP contribution >= 0.6 is 24.0 Å². The summed E-state index contributed by atoms with van der Waals surface area (Å²) in [7, 11) is 1.78. The van der Waals surface area contributed by atoms with Crippen LogP contribution < -0.4 is 10.6 Å². The van der Waals surface area contributed by atoms with Crippen molar-refractivity contribution in [3.63, 3.8) is 0 Å². The van der Waals surface area contributed by atoms with Crippen molar-refractivity contribution in [2.75, 3.05) is 46.3 Å². The molecule has 0 atom stereocenters. The number of amides is 1. The van der Waals surface area contributed by atoms with E-state index >= 15 is 0 Å². The minimum Gasteiger partial charge on any atom is -0.364 e. The van der Waals surface area contributed by atoms with Gasteiger partial charge in [-0.15, -0.1) is 24.0 Å². The van der Waals surface area contributed by atoms with Crippen LogP contribution in [0.4, 0.5) is 0 Å². The molecule has 2 N–H and O–H groups in total. The molecule has 2 heterocycles. The Balaban J connectivity index is 0.00000312. The normalized spacial score (nSPS) is 15.6. The largest absolute Gasteiger partial charge is 0.364 e. The quantitative estimate of drug-likeness (QED) is 0.355. The van der Waals surface area contributed by atoms with E-state index in [-0.39, 0.29) is 29.9 Å². The van der Waals surface area contributed by atoms with E-state index in [2.05, 4.69) is 30.6 Å². The first kappa shape index (κ1) is 21.7. The van der Waals surface area contributed by atoms with Gasteiger partial charge in [0.25, 0.3) is 0 Å². The second-order valence-corrected chi connectivity index (χ2v) is 5.83. The molecule has 0 aromatic carbocycles. The fraction of sp³-hybridized carbons (Fsp3) is 0.688. The van der Waals surface area contributed by atoms with Crippen molar-refractivity contribution in [2.24, 2.45) is 4.99 Å². The minimum absolute atomic E-state index is 0. The number of piperazine rings is 1. The number of aromatic nitrogens is 1. The molecule has 1 aromatic heterocycles. The first-order valence-corrected chi connectivity index (χ1v) is 8.56. The summed E-state index contributed by atoms with van der Waals surface area (Å²) in [5.74, 6) is 0.941. The molecule has 8 nitrogen and oxygen atoms in total. The third-order valence-corrected chi connectivity index (χ3v) is 3.97. The standard InChI is InChI=1S/C16H28N6O2.HI/c1-3-6-18-15(23)4-7-19-16(17-2)22-10-8-21(9-11-22)13-14-5-12-24-20-14;/h5,12H,3-4,6-11,13H2,1-2H3,(H,17,19)(H,18,23);1H. The van der Waals surface area contributed by atoms with E-state index in [1.165, 1.54) is 0 Å². The third kappa shape index (κ3) is 7.59. The number of halogens is 1. The van der Waals surface area contributed by atoms with Gasteiger partial charge in [0.2, 0.25) is 5.91 Å². The zero-order chi connectivity index (χ0) is 17.2. The zero-order valence-electron chi connectivity index (χ0n) is 15.0. The Morgan fingerprint density at radius 3 is 2.64 bits per heavy atom. The Bertz CT molecular complexity index is 515. The maximum absolute atomic E-state index is 11.6. The van der Waals surface area contributed by atoms with Crippen LogP contribution in [0.25, 0.3) is 0 Å². The molecule has 0 radical (unpaired) electrons. The Hall–Kier alpha value is -1.36. The van der Waals surface area contributed by atoms with Gasteiger partial charge in [0.05, 0.1) is 5.69 Å². The number of carbonyl (C=O) groups excluding carboxylic acids is 1. The van der Waals surface area contributed by atoms with Crippen LogP contribution in [0.2, 0.25) is 0 Å². The lowest BCUT2D eigenvalue weighted by molar-refractivity contribution is -0.120. The van der Waals surface area contributed by atoms with Crippen LogP contribution in [-0.2, 0) is 11.3 Å². The topological polar surface area (TPSA) is 86.0 Å². The molecule has 0 bridgehead atoms. The Kier molecular flexibility index (Phi) is 10.5. The molecule has 1 aliphatic heterocycles. The number of nitrogens with zero attached hydrogens (tertiary/aromatic N) is 4. The van der Waals surface area contributed by atoms with Gasteiger partial charge in [0, 0.05) is 65.3 Å². The van der Waals surface area contributed by atoms with Gasteiger partial charge in [-0.2, -0.15) is 0 Å². The van der Waals surface area contributed by atoms with Crippen LogP contribution in [0.5, 0.6) is 0 Å². The highest BCUT2D eigenvalue weighted by Crippen LogP contribution is 2.07. The molecule has 0 aliphatic carbocycles. The summed E-state index contributed by atoms with van der Waals surface area (Å²) >= 11 is 0. The summed E-state index contributed by atoms with van der Waals surface area (Å²) < 4.78 is 4.87. The number of guanidine groups is 1. The van der Waals surface area contributed by atoms with Crippen molar-refractivity contribution in [3.8, 4) is 0 Å². The summed E-state index contributed by atoms with van der Waals surface area (Å²) in [5, 5.41) is 10.1. The number of rotatable bonds is 7. The lowest BCUT2D eigenvalue weighted by Crippen LogP contribution is -2.52. The summed E-state index contributed by atoms with van der Waals surface area (Å²) in [4.78, 5) is 20.5. The molecule has 2 rings (SSSR count). The zero-order valence-corrected chi connectivity index (χ0v) is 17.4. The summed E-state index contributed by atoms with van der Waals surface area (Å²) in [6, 6.07) is 1.90. The molecule has 142 valence electrons. The molecule has 1 aromatic rings. The molecular weight excluding hydrogens is 435 g/mol. The van der Waals surface area contributed by atoms with Gasteiger partial charge >= 0.3 is 0 Å². The fourth-order valence-corrected chi connectivity index (χ4v) is 2.64. The van der Waals surface area contributed by atoms with E-state index in [1.807, 2.05) is 13.0 Å². The average Bonchev–Trinajstić information content (AvgIpc) is 3.11. The van der Waals surface area contributed by atoms with Gasteiger partial charge in [-0.1, -0.05) is 12.1 Å². The Morgan fingerprint density at radius 1 is 1.28 bits per heavy atom. The average molecular weight is 464 g/mol. The van der Waals surface area contributed by atoms with Crippen molar-refractivity contribution in [2.45, 2.75) is 26.3 Å². The van der Waals surface area contributed by atoms with Gasteiger partial charge < -0.3 is 20.1 Å². The van der Waals surface area contributed by atoms with Gasteiger partial charge in [0.1, 0.15) is 6.26 Å². The van der Waals surface area contributed by atoms with E-state index in [4.69, 9.17) is 4.52 Å². The molecule has 0 saturated carbocycles. The van der Waals surface area contributed by atoms with Crippen LogP contribution in [0.15, 0.2) is 21.8 Å². The third-order valence-electron chi connectivity index (χ3n) is 3.97. The van der Waals surface area contributed by atoms with Gasteiger partial charge in [0.15, 0.2) is 5.96 Å². The predicted octanol–water partition coefficient (Wildman–Crippen LogP) is 0.902. The van der Waals surface area contributed by atoms with Gasteiger partial charge in [-0.3, -0.25) is 14.7 Å². The number of hydrogen-bond donors (Lipinski definition) is 2. The first-order chi connectivity index (χ1) is 11.7. The number of hydrogen-bond acceptors (Lipinski definition) is 5. The lowest BCUT2D eigenvalue weighted by atomic mass is 10.3. The number of carbonyl (C=O) groups is 1. The van der Waals surface area contributed by atoms with Crippen molar-refractivity contribution < 1.29 is 9.32 Å². The second-order valence-electron chi connectivity index (χ2n) is 5.83. The smallest absolute Gasteiger partial charge is 0.221 e. The molecule has 0 spiro atoms. The van der Waals surface area contributed by atoms with Crippen LogP contribution in [0, 0.1) is 0 Å². The SMILES string of the molecule is CCCNC(=O)CCNC(=NC)N1CCN(Cc2ccon2)CC1.I. The number of nitrogens with one attached hydrogen (secondary N) is 2. The van der Waals surface area contributed by atoms with E-state index < -0.39 is 0 Å². The van der Waals surface area contributed by atoms with Crippen LogP contribution in [-0.4, -0.2) is 73.1 Å². The van der Waals surface area contributed by atoms with Gasteiger partial charge in [-0.05, 0) is 6.42 Å². The highest BCUT2D eigenvalue weighted by Gasteiger charge is 2.20. The van der Waals surface area contributed by atoms with Crippen molar-refractivity contribution in [1.82, 2.24) is 25.6 Å². The molecule has 25 heavy (non-hydrogen) atoms. The molecule has 0 unspecified atom stereocenters. The van der Waals surface area contributed by atoms with Crippen molar-refractivity contribution in [1.29, 1.82) is 0 Å². The highest BCUT2D eigenvalue weighted by molar-refractivity contribution is 14.0. The summed E-state index contributed by atoms with van der Waals surface area (Å²) in [5.41, 5.74) is 0.962. The minimum atomic E-state index is 0. The maximum Gasteiger partial charge on any atom is 0.221 e. The molecule has 1 aliphatic rings. The van der Waals surface area contributed by atoms with Gasteiger partial charge in [-0.25, -0.2) is 0 Å². The lowest BCUT2D eigenvalue weighted by Gasteiger charge is -2.36. The first-order valence-electron chi connectivity index (χ1n) is 8.56. The second kappa shape index (κ2) is 12.1. The molecule has 1 fully saturated rings. The van der Waals surface area contributed by atoms with E-state index in [1.54, 1.807) is 13.3 Å². The maximum atomic E-state index is 11.6. The van der Waals surface area contributed by atoms with Crippen LogP contribution in [0.3, 0.4) is 0 Å². The van der Waals surface area contributed by atoms with E-state index in [0.717, 1.165) is 57.3 Å². The summed E-state index contributed by atoms with van der Waals surface area (Å²) in [6.45, 7) is 7.90. The fourth-order valence-electron chi connectivity index (χ4n) is 2.64. The van der Waals surface area contributed by atoms with Crippen molar-refractivity contribution >= 4 is 35.8 Å². The predicted molar refractivity (Wildman–Crippen MR) is 108 cm³/mol. The van der Waals surface area contributed by atoms with E-state index in [0.29, 0.717) is 13.0 Å². The van der Waals surface area contributed by atoms with Crippen molar-refractivity contribution in [3.05, 3.63) is 18.0 Å². The molecule has 1 amide bonds. The Morgan fingerprint density at radius 2 is 2.04 bits per heavy atom. The Labute approximate surface area is 166 Å². The molecule has 9 heteroatoms. The molecule has 1 saturated heterocycles. The molecular formula is C16H29IN6O2. The highest BCUT2D eigenvalue weighted by atomic mass is 127. The van der Waals surface area contributed by atoms with E-state index in [9.17, 15) is 4.79 Å². The van der Waals surface area contributed by atoms with Crippen LogP contribution in [0.1, 0.15) is 25.5 Å². The number of aliphatic imine (C=N–C) groups is 1.